The Kier molecular flexibility index (Phi) is 5.26. The van der Waals surface area contributed by atoms with Crippen LogP contribution in [0.2, 0.25) is 0 Å². The lowest BCUT2D eigenvalue weighted by Crippen LogP contribution is -2.42. The number of rotatable bonds is 2. The maximum absolute atomic E-state index is 12.4. The molecule has 3 heterocycles. The number of hydrogen-bond acceptors (Lipinski definition) is 5. The average molecular weight is 412 g/mol. The van der Waals surface area contributed by atoms with Crippen LogP contribution in [0.3, 0.4) is 0 Å². The molecule has 160 valence electrons. The average Bonchev–Trinajstić information content (AvgIpc) is 3.07. The van der Waals surface area contributed by atoms with E-state index >= 15 is 0 Å². The molecule has 4 rings (SSSR count). The first kappa shape index (κ1) is 20.4. The van der Waals surface area contributed by atoms with Gasteiger partial charge in [-0.2, -0.15) is 5.10 Å². The largest absolute Gasteiger partial charge is 0.444 e. The molecule has 2 amide bonds. The number of aromatic nitrogens is 3. The summed E-state index contributed by atoms with van der Waals surface area (Å²) in [5.74, 6) is 1.60. The Hall–Kier alpha value is -2.90. The summed E-state index contributed by atoms with van der Waals surface area (Å²) in [5.41, 5.74) is 2.49. The highest BCUT2D eigenvalue weighted by molar-refractivity contribution is 5.95. The van der Waals surface area contributed by atoms with Gasteiger partial charge in [0, 0.05) is 30.8 Å². The van der Waals surface area contributed by atoms with Crippen LogP contribution in [-0.2, 0) is 16.0 Å². The highest BCUT2D eigenvalue weighted by Crippen LogP contribution is 2.34. The molecule has 2 aliphatic rings. The maximum Gasteiger partial charge on any atom is 0.410 e. The quantitative estimate of drug-likeness (QED) is 0.814. The fourth-order valence-corrected chi connectivity index (χ4v) is 4.12. The summed E-state index contributed by atoms with van der Waals surface area (Å²) in [6.45, 7) is 8.79. The number of carbonyl (C=O) groups is 2. The Morgan fingerprint density at radius 1 is 1.20 bits per heavy atom. The zero-order valence-electron chi connectivity index (χ0n) is 18.1. The van der Waals surface area contributed by atoms with E-state index in [9.17, 15) is 9.59 Å². The molecule has 0 radical (unpaired) electrons. The van der Waals surface area contributed by atoms with Gasteiger partial charge in [-0.05, 0) is 58.6 Å². The van der Waals surface area contributed by atoms with Crippen LogP contribution in [0.1, 0.15) is 57.5 Å². The first-order valence-electron chi connectivity index (χ1n) is 10.5. The first-order valence-corrected chi connectivity index (χ1v) is 10.5. The molecule has 1 N–H and O–H groups in total. The van der Waals surface area contributed by atoms with Gasteiger partial charge in [-0.25, -0.2) is 14.5 Å². The zero-order chi connectivity index (χ0) is 21.5. The van der Waals surface area contributed by atoms with Crippen LogP contribution in [0.25, 0.3) is 11.4 Å². The van der Waals surface area contributed by atoms with E-state index in [1.807, 2.05) is 50.6 Å². The molecule has 0 bridgehead atoms. The number of benzene rings is 1. The van der Waals surface area contributed by atoms with Gasteiger partial charge in [0.2, 0.25) is 5.91 Å². The number of nitrogens with one attached hydrogen (secondary N) is 1. The van der Waals surface area contributed by atoms with Crippen molar-refractivity contribution < 1.29 is 14.3 Å². The van der Waals surface area contributed by atoms with Gasteiger partial charge >= 0.3 is 6.09 Å². The summed E-state index contributed by atoms with van der Waals surface area (Å²) >= 11 is 0. The van der Waals surface area contributed by atoms with E-state index in [-0.39, 0.29) is 18.0 Å². The van der Waals surface area contributed by atoms with Crippen molar-refractivity contribution in [1.82, 2.24) is 19.7 Å². The standard InChI is InChI=1S/C22H29N5O3/c1-14-23-20(17-6-5-7-18-16(17)8-9-19(28)24-18)27(25-14)15-10-12-26(13-11-15)21(29)30-22(2,3)4/h5-7,15H,8-13H2,1-4H3,(H,24,28). The van der Waals surface area contributed by atoms with Crippen LogP contribution in [0, 0.1) is 6.92 Å². The number of piperidine rings is 1. The van der Waals surface area contributed by atoms with Gasteiger partial charge in [0.25, 0.3) is 0 Å². The zero-order valence-corrected chi connectivity index (χ0v) is 18.1. The Morgan fingerprint density at radius 2 is 1.93 bits per heavy atom. The summed E-state index contributed by atoms with van der Waals surface area (Å²) in [6, 6.07) is 6.09. The topological polar surface area (TPSA) is 89.4 Å². The number of anilines is 1. The van der Waals surface area contributed by atoms with E-state index in [1.165, 1.54) is 0 Å². The van der Waals surface area contributed by atoms with Gasteiger partial charge in [-0.1, -0.05) is 12.1 Å². The Bertz CT molecular complexity index is 968. The highest BCUT2D eigenvalue weighted by atomic mass is 16.6. The first-order chi connectivity index (χ1) is 14.2. The number of likely N-dealkylation sites (tertiary alicyclic amines) is 1. The second-order valence-corrected chi connectivity index (χ2v) is 9.01. The van der Waals surface area contributed by atoms with Crippen molar-refractivity contribution in [2.75, 3.05) is 18.4 Å². The van der Waals surface area contributed by atoms with Crippen molar-refractivity contribution in [1.29, 1.82) is 0 Å². The molecular weight excluding hydrogens is 382 g/mol. The predicted octanol–water partition coefficient (Wildman–Crippen LogP) is 3.71. The molecule has 1 saturated heterocycles. The molecule has 0 aliphatic carbocycles. The Morgan fingerprint density at radius 3 is 2.63 bits per heavy atom. The number of nitrogens with zero attached hydrogens (tertiary/aromatic N) is 4. The van der Waals surface area contributed by atoms with Crippen molar-refractivity contribution in [3.05, 3.63) is 29.6 Å². The van der Waals surface area contributed by atoms with E-state index in [0.29, 0.717) is 25.9 Å². The van der Waals surface area contributed by atoms with Crippen molar-refractivity contribution in [3.8, 4) is 11.4 Å². The SMILES string of the molecule is Cc1nc(-c2cccc3c2CCC(=O)N3)n(C2CCN(C(=O)OC(C)(C)C)CC2)n1. The fraction of sp³-hybridized carbons (Fsp3) is 0.545. The molecule has 2 aromatic rings. The molecule has 1 aromatic heterocycles. The fourth-order valence-electron chi connectivity index (χ4n) is 4.12. The van der Waals surface area contributed by atoms with Crippen LogP contribution in [0.4, 0.5) is 10.5 Å². The van der Waals surface area contributed by atoms with E-state index in [4.69, 9.17) is 9.72 Å². The minimum absolute atomic E-state index is 0.0480. The third-order valence-corrected chi connectivity index (χ3v) is 5.49. The molecule has 0 unspecified atom stereocenters. The van der Waals surface area contributed by atoms with Gasteiger partial charge in [-0.3, -0.25) is 4.79 Å². The number of aryl methyl sites for hydroxylation is 1. The smallest absolute Gasteiger partial charge is 0.410 e. The number of carbonyl (C=O) groups excluding carboxylic acids is 2. The molecule has 1 fully saturated rings. The van der Waals surface area contributed by atoms with Crippen molar-refractivity contribution in [3.63, 3.8) is 0 Å². The molecule has 0 spiro atoms. The molecule has 2 aliphatic heterocycles. The normalized spacial score (nSPS) is 17.5. The summed E-state index contributed by atoms with van der Waals surface area (Å²) in [6.07, 6.45) is 2.50. The second-order valence-electron chi connectivity index (χ2n) is 9.01. The van der Waals surface area contributed by atoms with Crippen LogP contribution in [-0.4, -0.2) is 50.4 Å². The van der Waals surface area contributed by atoms with Crippen molar-refractivity contribution >= 4 is 17.7 Å². The molecule has 30 heavy (non-hydrogen) atoms. The third-order valence-electron chi connectivity index (χ3n) is 5.49. The van der Waals surface area contributed by atoms with E-state index in [1.54, 1.807) is 4.90 Å². The van der Waals surface area contributed by atoms with E-state index in [2.05, 4.69) is 10.4 Å². The van der Waals surface area contributed by atoms with Crippen molar-refractivity contribution in [2.45, 2.75) is 65.0 Å². The second kappa shape index (κ2) is 7.74. The predicted molar refractivity (Wildman–Crippen MR) is 113 cm³/mol. The van der Waals surface area contributed by atoms with Crippen LogP contribution in [0.15, 0.2) is 18.2 Å². The molecular formula is C22H29N5O3. The molecule has 8 heteroatoms. The number of ether oxygens (including phenoxy) is 1. The van der Waals surface area contributed by atoms with Crippen molar-refractivity contribution in [2.24, 2.45) is 0 Å². The Labute approximate surface area is 176 Å². The lowest BCUT2D eigenvalue weighted by Gasteiger charge is -2.34. The summed E-state index contributed by atoms with van der Waals surface area (Å²) in [5, 5.41) is 7.65. The lowest BCUT2D eigenvalue weighted by atomic mass is 9.96. The molecule has 0 atom stereocenters. The summed E-state index contributed by atoms with van der Waals surface area (Å²) in [7, 11) is 0. The van der Waals surface area contributed by atoms with Crippen LogP contribution in [0.5, 0.6) is 0 Å². The van der Waals surface area contributed by atoms with E-state index < -0.39 is 5.60 Å². The molecule has 1 aromatic carbocycles. The monoisotopic (exact) mass is 411 g/mol. The van der Waals surface area contributed by atoms with Gasteiger partial charge in [-0.15, -0.1) is 0 Å². The van der Waals surface area contributed by atoms with Gasteiger partial charge in [0.05, 0.1) is 6.04 Å². The van der Waals surface area contributed by atoms with Crippen LogP contribution < -0.4 is 5.32 Å². The molecule has 0 saturated carbocycles. The third kappa shape index (κ3) is 4.17. The van der Waals surface area contributed by atoms with Gasteiger partial charge in [0.15, 0.2) is 5.82 Å². The van der Waals surface area contributed by atoms with Gasteiger partial charge < -0.3 is 15.0 Å². The highest BCUT2D eigenvalue weighted by Gasteiger charge is 2.30. The summed E-state index contributed by atoms with van der Waals surface area (Å²) in [4.78, 5) is 30.6. The minimum atomic E-state index is -0.494. The minimum Gasteiger partial charge on any atom is -0.444 e. The van der Waals surface area contributed by atoms with E-state index in [0.717, 1.165) is 41.3 Å². The van der Waals surface area contributed by atoms with Crippen LogP contribution >= 0.6 is 0 Å². The number of amides is 2. The summed E-state index contributed by atoms with van der Waals surface area (Å²) < 4.78 is 7.51. The Balaban J connectivity index is 1.55. The van der Waals surface area contributed by atoms with Gasteiger partial charge in [0.1, 0.15) is 11.4 Å². The molecule has 8 nitrogen and oxygen atoms in total. The number of hydrogen-bond donors (Lipinski definition) is 1. The lowest BCUT2D eigenvalue weighted by molar-refractivity contribution is -0.116. The maximum atomic E-state index is 12.4. The number of fused-ring (bicyclic) bond motifs is 1.